The Labute approximate surface area is 107 Å². The number of aromatic nitrogens is 5. The highest BCUT2D eigenvalue weighted by atomic mass is 32.1. The van der Waals surface area contributed by atoms with Crippen molar-refractivity contribution in [3.63, 3.8) is 0 Å². The average molecular weight is 259 g/mol. The molecule has 3 rings (SSSR count). The van der Waals surface area contributed by atoms with Crippen molar-refractivity contribution in [2.45, 2.75) is 12.8 Å². The van der Waals surface area contributed by atoms with Crippen molar-refractivity contribution < 1.29 is 4.52 Å². The molecule has 0 N–H and O–H groups in total. The summed E-state index contributed by atoms with van der Waals surface area (Å²) < 4.78 is 5.16. The van der Waals surface area contributed by atoms with Crippen LogP contribution in [0.5, 0.6) is 0 Å². The predicted molar refractivity (Wildman–Crippen MR) is 64.8 cm³/mol. The van der Waals surface area contributed by atoms with E-state index in [1.54, 1.807) is 29.9 Å². The third kappa shape index (κ3) is 2.40. The second-order valence-corrected chi connectivity index (χ2v) is 4.30. The van der Waals surface area contributed by atoms with Gasteiger partial charge in [-0.3, -0.25) is 4.98 Å². The maximum absolute atomic E-state index is 5.16. The summed E-state index contributed by atoms with van der Waals surface area (Å²) in [5, 5.41) is 5.89. The van der Waals surface area contributed by atoms with Gasteiger partial charge in [0, 0.05) is 24.2 Å². The molecule has 0 fully saturated rings. The number of rotatable bonds is 4. The van der Waals surface area contributed by atoms with Gasteiger partial charge in [0.15, 0.2) is 0 Å². The van der Waals surface area contributed by atoms with Crippen LogP contribution in [0.4, 0.5) is 0 Å². The van der Waals surface area contributed by atoms with Crippen molar-refractivity contribution in [3.05, 3.63) is 41.1 Å². The quantitative estimate of drug-likeness (QED) is 0.710. The van der Waals surface area contributed by atoms with Crippen molar-refractivity contribution in [1.82, 2.24) is 25.1 Å². The first-order valence-electron chi connectivity index (χ1n) is 5.38. The molecule has 0 aromatic carbocycles. The Kier molecular flexibility index (Phi) is 3.05. The van der Waals surface area contributed by atoms with Crippen LogP contribution in [-0.2, 0) is 12.8 Å². The van der Waals surface area contributed by atoms with E-state index in [1.165, 1.54) is 0 Å². The Morgan fingerprint density at radius 2 is 2.17 bits per heavy atom. The summed E-state index contributed by atoms with van der Waals surface area (Å²) in [6.45, 7) is 0. The van der Waals surface area contributed by atoms with E-state index in [1.807, 2.05) is 10.9 Å². The Hall–Kier alpha value is -2.15. The molecule has 0 aliphatic rings. The topological polar surface area (TPSA) is 77.6 Å². The summed E-state index contributed by atoms with van der Waals surface area (Å²) >= 11 is 1.58. The molecule has 0 saturated heterocycles. The lowest BCUT2D eigenvalue weighted by atomic mass is 10.2. The van der Waals surface area contributed by atoms with Crippen molar-refractivity contribution in [2.24, 2.45) is 0 Å². The minimum Gasteiger partial charge on any atom is -0.339 e. The summed E-state index contributed by atoms with van der Waals surface area (Å²) in [6.07, 6.45) is 6.28. The molecule has 7 heteroatoms. The van der Waals surface area contributed by atoms with Gasteiger partial charge in [-0.15, -0.1) is 11.3 Å². The van der Waals surface area contributed by atoms with Crippen LogP contribution in [-0.4, -0.2) is 25.1 Å². The van der Waals surface area contributed by atoms with Crippen LogP contribution >= 0.6 is 11.3 Å². The first kappa shape index (κ1) is 11.0. The van der Waals surface area contributed by atoms with E-state index in [4.69, 9.17) is 4.52 Å². The number of nitrogens with zero attached hydrogens (tertiary/aromatic N) is 5. The number of hydrogen-bond donors (Lipinski definition) is 0. The van der Waals surface area contributed by atoms with E-state index in [-0.39, 0.29) is 0 Å². The second-order valence-electron chi connectivity index (χ2n) is 3.58. The molecular formula is C11H9N5OS. The van der Waals surface area contributed by atoms with Crippen molar-refractivity contribution in [2.75, 3.05) is 0 Å². The lowest BCUT2D eigenvalue weighted by Gasteiger charge is -1.91. The fourth-order valence-corrected chi connectivity index (χ4v) is 2.06. The predicted octanol–water partition coefficient (Wildman–Crippen LogP) is 1.77. The standard InChI is InChI=1S/C11H9N5OS/c1(8-6-18-7-14-8)2-10-15-11(16-17-10)9-5-12-3-4-13-9/h3-7H,1-2H2. The molecule has 0 saturated carbocycles. The molecule has 90 valence electrons. The lowest BCUT2D eigenvalue weighted by molar-refractivity contribution is 0.378. The lowest BCUT2D eigenvalue weighted by Crippen LogP contribution is -1.92. The van der Waals surface area contributed by atoms with Gasteiger partial charge in [-0.2, -0.15) is 4.98 Å². The highest BCUT2D eigenvalue weighted by molar-refractivity contribution is 7.07. The van der Waals surface area contributed by atoms with Crippen LogP contribution < -0.4 is 0 Å². The smallest absolute Gasteiger partial charge is 0.227 e. The number of hydrogen-bond acceptors (Lipinski definition) is 7. The zero-order chi connectivity index (χ0) is 12.2. The Morgan fingerprint density at radius 1 is 1.17 bits per heavy atom. The van der Waals surface area contributed by atoms with Gasteiger partial charge in [-0.25, -0.2) is 9.97 Å². The minimum atomic E-state index is 0.469. The van der Waals surface area contributed by atoms with Gasteiger partial charge in [-0.05, 0) is 6.42 Å². The number of aryl methyl sites for hydroxylation is 2. The fraction of sp³-hybridized carbons (Fsp3) is 0.182. The van der Waals surface area contributed by atoms with Crippen LogP contribution in [0.25, 0.3) is 11.5 Å². The third-order valence-electron chi connectivity index (χ3n) is 2.34. The maximum Gasteiger partial charge on any atom is 0.227 e. The van der Waals surface area contributed by atoms with Crippen molar-refractivity contribution >= 4 is 11.3 Å². The largest absolute Gasteiger partial charge is 0.339 e. The summed E-state index contributed by atoms with van der Waals surface area (Å²) in [6, 6.07) is 0. The van der Waals surface area contributed by atoms with Gasteiger partial charge in [0.25, 0.3) is 0 Å². The Bertz CT molecular complexity index is 607. The van der Waals surface area contributed by atoms with Crippen LogP contribution in [0.2, 0.25) is 0 Å². The summed E-state index contributed by atoms with van der Waals surface area (Å²) in [5.74, 6) is 1.06. The summed E-state index contributed by atoms with van der Waals surface area (Å²) in [7, 11) is 0. The molecule has 3 aromatic rings. The molecule has 0 atom stereocenters. The molecule has 3 heterocycles. The molecule has 0 aliphatic heterocycles. The molecule has 0 unspecified atom stereocenters. The minimum absolute atomic E-state index is 0.469. The molecule has 0 amide bonds. The van der Waals surface area contributed by atoms with Gasteiger partial charge >= 0.3 is 0 Å². The Balaban J connectivity index is 1.70. The van der Waals surface area contributed by atoms with Crippen molar-refractivity contribution in [1.29, 1.82) is 0 Å². The first-order valence-corrected chi connectivity index (χ1v) is 6.32. The van der Waals surface area contributed by atoms with E-state index in [0.717, 1.165) is 12.1 Å². The molecule has 0 radical (unpaired) electrons. The second kappa shape index (κ2) is 5.01. The van der Waals surface area contributed by atoms with Crippen LogP contribution in [0.1, 0.15) is 11.6 Å². The monoisotopic (exact) mass is 259 g/mol. The highest BCUT2D eigenvalue weighted by Crippen LogP contribution is 2.12. The SMILES string of the molecule is c1cnc(-c2noc(CCc3cscn3)n2)cn1. The van der Waals surface area contributed by atoms with E-state index in [2.05, 4.69) is 25.1 Å². The van der Waals surface area contributed by atoms with Gasteiger partial charge in [-0.1, -0.05) is 5.16 Å². The molecular weight excluding hydrogens is 250 g/mol. The molecule has 0 bridgehead atoms. The molecule has 0 spiro atoms. The van der Waals surface area contributed by atoms with Crippen LogP contribution in [0.15, 0.2) is 34.0 Å². The van der Waals surface area contributed by atoms with Gasteiger partial charge < -0.3 is 4.52 Å². The van der Waals surface area contributed by atoms with Gasteiger partial charge in [0.05, 0.1) is 17.4 Å². The van der Waals surface area contributed by atoms with E-state index in [9.17, 15) is 0 Å². The summed E-state index contributed by atoms with van der Waals surface area (Å²) in [5.41, 5.74) is 3.47. The molecule has 0 aliphatic carbocycles. The van der Waals surface area contributed by atoms with Crippen LogP contribution in [0, 0.1) is 0 Å². The average Bonchev–Trinajstić information content (AvgIpc) is 3.09. The zero-order valence-corrected chi connectivity index (χ0v) is 10.2. The first-order chi connectivity index (χ1) is 8.92. The summed E-state index contributed by atoms with van der Waals surface area (Å²) in [4.78, 5) is 16.6. The van der Waals surface area contributed by atoms with Crippen molar-refractivity contribution in [3.8, 4) is 11.5 Å². The molecule has 3 aromatic heterocycles. The third-order valence-corrected chi connectivity index (χ3v) is 2.97. The normalized spacial score (nSPS) is 10.7. The number of thiazole rings is 1. The molecule has 18 heavy (non-hydrogen) atoms. The highest BCUT2D eigenvalue weighted by Gasteiger charge is 2.10. The Morgan fingerprint density at radius 3 is 2.94 bits per heavy atom. The fourth-order valence-electron chi connectivity index (χ4n) is 1.47. The van der Waals surface area contributed by atoms with Gasteiger partial charge in [0.2, 0.25) is 11.7 Å². The molecule has 6 nitrogen and oxygen atoms in total. The van der Waals surface area contributed by atoms with Crippen LogP contribution in [0.3, 0.4) is 0 Å². The van der Waals surface area contributed by atoms with E-state index < -0.39 is 0 Å². The maximum atomic E-state index is 5.16. The van der Waals surface area contributed by atoms with E-state index >= 15 is 0 Å². The van der Waals surface area contributed by atoms with E-state index in [0.29, 0.717) is 23.8 Å². The van der Waals surface area contributed by atoms with Gasteiger partial charge in [0.1, 0.15) is 5.69 Å². The zero-order valence-electron chi connectivity index (χ0n) is 9.35.